The van der Waals surface area contributed by atoms with Gasteiger partial charge in [0, 0.05) is 18.3 Å². The molecule has 0 spiro atoms. The molecule has 1 heterocycles. The van der Waals surface area contributed by atoms with Crippen LogP contribution < -0.4 is 5.73 Å². The van der Waals surface area contributed by atoms with Crippen LogP contribution in [-0.4, -0.2) is 11.1 Å². The Morgan fingerprint density at radius 3 is 2.82 bits per heavy atom. The maximum absolute atomic E-state index is 5.61. The normalized spacial score (nSPS) is 13.1. The van der Waals surface area contributed by atoms with E-state index in [-0.39, 0.29) is 0 Å². The highest BCUT2D eigenvalue weighted by molar-refractivity contribution is 5.80. The third kappa shape index (κ3) is 2.70. The zero-order valence-corrected chi connectivity index (χ0v) is 10.8. The highest BCUT2D eigenvalue weighted by Crippen LogP contribution is 2.19. The molecule has 0 aliphatic rings. The molecule has 2 aromatic rings. The fraction of sp³-hybridized carbons (Fsp3) is 0.467. The van der Waals surface area contributed by atoms with Crippen LogP contribution in [0.1, 0.15) is 25.8 Å². The van der Waals surface area contributed by atoms with Crippen LogP contribution in [0.15, 0.2) is 30.5 Å². The lowest BCUT2D eigenvalue weighted by Gasteiger charge is -2.11. The van der Waals surface area contributed by atoms with Crippen molar-refractivity contribution in [3.63, 3.8) is 0 Å². The lowest BCUT2D eigenvalue weighted by Crippen LogP contribution is -2.06. The standard InChI is InChI=1S/C15H22N2/c1-3-12(2)11-17-9-7-14-5-4-13(6-8-16)10-15(14)17/h4-5,7,9-10,12H,3,6,8,11,16H2,1-2H3. The van der Waals surface area contributed by atoms with Gasteiger partial charge < -0.3 is 10.3 Å². The highest BCUT2D eigenvalue weighted by atomic mass is 15.0. The summed E-state index contributed by atoms with van der Waals surface area (Å²) in [6, 6.07) is 8.87. The molecular formula is C15H22N2. The molecule has 0 aliphatic carbocycles. The summed E-state index contributed by atoms with van der Waals surface area (Å²) in [5, 5.41) is 1.33. The number of nitrogens with two attached hydrogens (primary N) is 1. The predicted molar refractivity (Wildman–Crippen MR) is 74.2 cm³/mol. The molecule has 0 saturated heterocycles. The summed E-state index contributed by atoms with van der Waals surface area (Å²) >= 11 is 0. The van der Waals surface area contributed by atoms with E-state index in [2.05, 4.69) is 48.9 Å². The number of aromatic nitrogens is 1. The Hall–Kier alpha value is -1.28. The summed E-state index contributed by atoms with van der Waals surface area (Å²) < 4.78 is 2.36. The van der Waals surface area contributed by atoms with Crippen molar-refractivity contribution >= 4 is 10.9 Å². The minimum absolute atomic E-state index is 0.720. The van der Waals surface area contributed by atoms with E-state index >= 15 is 0 Å². The Morgan fingerprint density at radius 2 is 2.12 bits per heavy atom. The fourth-order valence-corrected chi connectivity index (χ4v) is 2.18. The first-order valence-electron chi connectivity index (χ1n) is 6.52. The zero-order chi connectivity index (χ0) is 12.3. The molecule has 2 N–H and O–H groups in total. The van der Waals surface area contributed by atoms with E-state index in [1.807, 2.05) is 0 Å². The summed E-state index contributed by atoms with van der Waals surface area (Å²) in [6.45, 7) is 6.37. The fourth-order valence-electron chi connectivity index (χ4n) is 2.18. The lowest BCUT2D eigenvalue weighted by molar-refractivity contribution is 0.477. The van der Waals surface area contributed by atoms with Crippen LogP contribution in [0.3, 0.4) is 0 Å². The van der Waals surface area contributed by atoms with Gasteiger partial charge in [-0.25, -0.2) is 0 Å². The average molecular weight is 230 g/mol. The molecule has 0 fully saturated rings. The van der Waals surface area contributed by atoms with Gasteiger partial charge in [-0.1, -0.05) is 32.4 Å². The molecule has 2 rings (SSSR count). The third-order valence-electron chi connectivity index (χ3n) is 3.48. The van der Waals surface area contributed by atoms with Gasteiger partial charge in [0.2, 0.25) is 0 Å². The molecule has 1 unspecified atom stereocenters. The maximum Gasteiger partial charge on any atom is 0.0483 e. The van der Waals surface area contributed by atoms with E-state index in [1.54, 1.807) is 0 Å². The summed E-state index contributed by atoms with van der Waals surface area (Å²) in [7, 11) is 0. The first-order chi connectivity index (χ1) is 8.24. The predicted octanol–water partition coefficient (Wildman–Crippen LogP) is 3.19. The van der Waals surface area contributed by atoms with Crippen molar-refractivity contribution in [1.82, 2.24) is 4.57 Å². The SMILES string of the molecule is CCC(C)Cn1ccc2ccc(CCN)cc21. The maximum atomic E-state index is 5.61. The number of nitrogens with zero attached hydrogens (tertiary/aromatic N) is 1. The molecule has 17 heavy (non-hydrogen) atoms. The van der Waals surface area contributed by atoms with Crippen LogP contribution in [0, 0.1) is 5.92 Å². The molecule has 1 aromatic heterocycles. The van der Waals surface area contributed by atoms with Crippen molar-refractivity contribution in [2.45, 2.75) is 33.2 Å². The zero-order valence-electron chi connectivity index (χ0n) is 10.8. The molecule has 0 aliphatic heterocycles. The Bertz CT molecular complexity index is 485. The van der Waals surface area contributed by atoms with E-state index in [0.717, 1.165) is 25.4 Å². The van der Waals surface area contributed by atoms with Crippen molar-refractivity contribution in [3.8, 4) is 0 Å². The van der Waals surface area contributed by atoms with E-state index < -0.39 is 0 Å². The molecule has 0 bridgehead atoms. The van der Waals surface area contributed by atoms with Gasteiger partial charge in [0.1, 0.15) is 0 Å². The number of fused-ring (bicyclic) bond motifs is 1. The largest absolute Gasteiger partial charge is 0.347 e. The molecule has 92 valence electrons. The minimum atomic E-state index is 0.720. The third-order valence-corrected chi connectivity index (χ3v) is 3.48. The first kappa shape index (κ1) is 12.2. The Kier molecular flexibility index (Phi) is 3.85. The molecule has 0 radical (unpaired) electrons. The smallest absolute Gasteiger partial charge is 0.0483 e. The first-order valence-corrected chi connectivity index (χ1v) is 6.52. The number of hydrogen-bond donors (Lipinski definition) is 1. The molecule has 0 amide bonds. The van der Waals surface area contributed by atoms with Crippen LogP contribution in [0.5, 0.6) is 0 Å². The second-order valence-electron chi connectivity index (χ2n) is 4.91. The summed E-state index contributed by atoms with van der Waals surface area (Å²) in [6.07, 6.45) is 4.38. The van der Waals surface area contributed by atoms with Gasteiger partial charge in [-0.3, -0.25) is 0 Å². The molecular weight excluding hydrogens is 208 g/mol. The van der Waals surface area contributed by atoms with Gasteiger partial charge in [0.15, 0.2) is 0 Å². The Labute approximate surface area is 103 Å². The average Bonchev–Trinajstić information content (AvgIpc) is 2.72. The van der Waals surface area contributed by atoms with Crippen molar-refractivity contribution < 1.29 is 0 Å². The summed E-state index contributed by atoms with van der Waals surface area (Å²) in [4.78, 5) is 0. The molecule has 2 nitrogen and oxygen atoms in total. The lowest BCUT2D eigenvalue weighted by atomic mass is 10.1. The van der Waals surface area contributed by atoms with Crippen LogP contribution in [0.2, 0.25) is 0 Å². The Morgan fingerprint density at radius 1 is 1.29 bits per heavy atom. The van der Waals surface area contributed by atoms with Crippen molar-refractivity contribution in [1.29, 1.82) is 0 Å². The molecule has 1 aromatic carbocycles. The van der Waals surface area contributed by atoms with Gasteiger partial charge in [-0.05, 0) is 42.0 Å². The molecule has 0 saturated carbocycles. The van der Waals surface area contributed by atoms with Gasteiger partial charge in [-0.2, -0.15) is 0 Å². The minimum Gasteiger partial charge on any atom is -0.347 e. The van der Waals surface area contributed by atoms with Crippen LogP contribution in [-0.2, 0) is 13.0 Å². The van der Waals surface area contributed by atoms with E-state index in [4.69, 9.17) is 5.73 Å². The molecule has 2 heteroatoms. The van der Waals surface area contributed by atoms with E-state index in [0.29, 0.717) is 0 Å². The summed E-state index contributed by atoms with van der Waals surface area (Å²) in [5.41, 5.74) is 8.29. The van der Waals surface area contributed by atoms with E-state index in [9.17, 15) is 0 Å². The summed E-state index contributed by atoms with van der Waals surface area (Å²) in [5.74, 6) is 0.726. The van der Waals surface area contributed by atoms with Crippen molar-refractivity contribution in [2.75, 3.05) is 6.54 Å². The molecule has 1 atom stereocenters. The van der Waals surface area contributed by atoms with Crippen molar-refractivity contribution in [2.24, 2.45) is 11.7 Å². The van der Waals surface area contributed by atoms with Crippen LogP contribution in [0.4, 0.5) is 0 Å². The van der Waals surface area contributed by atoms with Gasteiger partial charge in [0.25, 0.3) is 0 Å². The van der Waals surface area contributed by atoms with Gasteiger partial charge in [-0.15, -0.1) is 0 Å². The van der Waals surface area contributed by atoms with E-state index in [1.165, 1.54) is 22.9 Å². The monoisotopic (exact) mass is 230 g/mol. The number of hydrogen-bond acceptors (Lipinski definition) is 1. The highest BCUT2D eigenvalue weighted by Gasteiger charge is 2.05. The van der Waals surface area contributed by atoms with Gasteiger partial charge in [0.05, 0.1) is 0 Å². The topological polar surface area (TPSA) is 30.9 Å². The van der Waals surface area contributed by atoms with Crippen LogP contribution >= 0.6 is 0 Å². The van der Waals surface area contributed by atoms with Crippen LogP contribution in [0.25, 0.3) is 10.9 Å². The van der Waals surface area contributed by atoms with Crippen molar-refractivity contribution in [3.05, 3.63) is 36.0 Å². The second-order valence-corrected chi connectivity index (χ2v) is 4.91. The quantitative estimate of drug-likeness (QED) is 0.840. The number of rotatable bonds is 5. The second kappa shape index (κ2) is 5.37. The number of benzene rings is 1. The van der Waals surface area contributed by atoms with Gasteiger partial charge >= 0.3 is 0 Å². The Balaban J connectivity index is 2.32.